The summed E-state index contributed by atoms with van der Waals surface area (Å²) in [6, 6.07) is 21.3. The zero-order valence-corrected chi connectivity index (χ0v) is 21.1. The highest BCUT2D eigenvalue weighted by molar-refractivity contribution is 5.84. The van der Waals surface area contributed by atoms with E-state index in [-0.39, 0.29) is 0 Å². The zero-order valence-electron chi connectivity index (χ0n) is 21.1. The Labute approximate surface area is 210 Å². The van der Waals surface area contributed by atoms with Crippen molar-refractivity contribution in [3.63, 3.8) is 0 Å². The Morgan fingerprint density at radius 3 is 2.51 bits per heavy atom. The first-order chi connectivity index (χ1) is 17.3. The van der Waals surface area contributed by atoms with E-state index in [0.717, 1.165) is 43.8 Å². The number of hydrogen-bond acceptors (Lipinski definition) is 3. The highest BCUT2D eigenvalue weighted by atomic mass is 16.2. The number of unbranched alkanes of at least 4 members (excludes halogenated alkanes) is 1. The number of fused-ring (bicyclic) bond motifs is 1. The van der Waals surface area contributed by atoms with Crippen molar-refractivity contribution >= 4 is 10.9 Å². The Hall–Kier alpha value is -2.14. The molecule has 4 heteroatoms. The summed E-state index contributed by atoms with van der Waals surface area (Å²) < 4.78 is 2.45. The van der Waals surface area contributed by atoms with Crippen LogP contribution in [0.15, 0.2) is 60.8 Å². The van der Waals surface area contributed by atoms with Gasteiger partial charge >= 0.3 is 0 Å². The molecule has 4 nitrogen and oxygen atoms in total. The van der Waals surface area contributed by atoms with Gasteiger partial charge in [0.15, 0.2) is 0 Å². The van der Waals surface area contributed by atoms with Crippen molar-refractivity contribution < 1.29 is 5.11 Å². The second-order valence-corrected chi connectivity index (χ2v) is 11.2. The third-order valence-electron chi connectivity index (χ3n) is 9.13. The number of aromatic nitrogens is 1. The van der Waals surface area contributed by atoms with Crippen LogP contribution in [0.5, 0.6) is 0 Å². The summed E-state index contributed by atoms with van der Waals surface area (Å²) in [6.07, 6.45) is 11.2. The lowest BCUT2D eigenvalue weighted by Gasteiger charge is -2.57. The molecule has 0 amide bonds. The first kappa shape index (κ1) is 23.3. The summed E-state index contributed by atoms with van der Waals surface area (Å²) >= 11 is 0. The SMILES string of the molecule is OCCCC[C@@H]1[C@H]2CCCN3CCC[C@H](CN1Cc1cn(Cc4ccccc4)c4ccccc14)[C@@H]23. The summed E-state index contributed by atoms with van der Waals surface area (Å²) in [5.74, 6) is 1.61. The monoisotopic (exact) mass is 471 g/mol. The number of nitrogens with zero attached hydrogens (tertiary/aromatic N) is 3. The minimum atomic E-state index is 0.322. The lowest BCUT2D eigenvalue weighted by molar-refractivity contribution is -0.0811. The van der Waals surface area contributed by atoms with Crippen LogP contribution in [0.1, 0.15) is 56.1 Å². The quantitative estimate of drug-likeness (QED) is 0.439. The fraction of sp³-hybridized carbons (Fsp3) is 0.548. The molecule has 0 bridgehead atoms. The van der Waals surface area contributed by atoms with Gasteiger partial charge in [-0.2, -0.15) is 0 Å². The molecule has 3 aromatic rings. The van der Waals surface area contributed by atoms with E-state index in [1.807, 2.05) is 0 Å². The Kier molecular flexibility index (Phi) is 6.95. The molecule has 3 saturated heterocycles. The Balaban J connectivity index is 1.30. The number of hydrogen-bond donors (Lipinski definition) is 1. The van der Waals surface area contributed by atoms with Crippen molar-refractivity contribution in [1.82, 2.24) is 14.4 Å². The van der Waals surface area contributed by atoms with Crippen LogP contribution >= 0.6 is 0 Å². The normalized spacial score (nSPS) is 27.2. The van der Waals surface area contributed by atoms with Crippen LogP contribution in [0.25, 0.3) is 10.9 Å². The van der Waals surface area contributed by atoms with Crippen LogP contribution < -0.4 is 0 Å². The summed E-state index contributed by atoms with van der Waals surface area (Å²) in [4.78, 5) is 5.72. The van der Waals surface area contributed by atoms with Gasteiger partial charge in [-0.25, -0.2) is 0 Å². The standard InChI is InChI=1S/C31H41N3O/c35-19-7-6-16-30-28-14-9-18-32-17-8-12-25(31(28)32)21-34(30)23-26-22-33(20-24-10-2-1-3-11-24)29-15-5-4-13-27(26)29/h1-5,10-11,13,15,22,25,28,30-31,35H,6-9,12,14,16-21,23H2/t25-,28-,30-,31+/m1/s1. The molecule has 35 heavy (non-hydrogen) atoms. The third-order valence-corrected chi connectivity index (χ3v) is 9.13. The van der Waals surface area contributed by atoms with E-state index < -0.39 is 0 Å². The Bertz CT molecular complexity index is 1110. The number of aliphatic hydroxyl groups is 1. The van der Waals surface area contributed by atoms with Gasteiger partial charge in [-0.1, -0.05) is 48.5 Å². The molecule has 0 spiro atoms. The Morgan fingerprint density at radius 2 is 1.66 bits per heavy atom. The topological polar surface area (TPSA) is 31.6 Å². The first-order valence-electron chi connectivity index (χ1n) is 14.0. The molecule has 3 aliphatic rings. The Morgan fingerprint density at radius 1 is 0.857 bits per heavy atom. The molecule has 4 heterocycles. The lowest BCUT2D eigenvalue weighted by Crippen LogP contribution is -2.64. The molecule has 0 aliphatic carbocycles. The number of aliphatic hydroxyl groups excluding tert-OH is 1. The first-order valence-corrected chi connectivity index (χ1v) is 14.0. The maximum Gasteiger partial charge on any atom is 0.0486 e. The molecule has 6 rings (SSSR count). The van der Waals surface area contributed by atoms with Crippen molar-refractivity contribution in [2.45, 2.75) is 70.1 Å². The van der Waals surface area contributed by atoms with Crippen LogP contribution in [0.4, 0.5) is 0 Å². The zero-order chi connectivity index (χ0) is 23.6. The second-order valence-electron chi connectivity index (χ2n) is 11.2. The second kappa shape index (κ2) is 10.5. The van der Waals surface area contributed by atoms with Crippen LogP contribution in [-0.4, -0.2) is 57.8 Å². The van der Waals surface area contributed by atoms with Crippen molar-refractivity contribution in [1.29, 1.82) is 0 Å². The molecule has 1 N–H and O–H groups in total. The average molecular weight is 472 g/mol. The fourth-order valence-corrected chi connectivity index (χ4v) is 7.71. The fourth-order valence-electron chi connectivity index (χ4n) is 7.71. The van der Waals surface area contributed by atoms with Gasteiger partial charge in [-0.3, -0.25) is 9.80 Å². The molecule has 0 radical (unpaired) electrons. The van der Waals surface area contributed by atoms with Crippen LogP contribution in [0, 0.1) is 11.8 Å². The minimum Gasteiger partial charge on any atom is -0.396 e. The van der Waals surface area contributed by atoms with Crippen molar-refractivity contribution in [3.8, 4) is 0 Å². The maximum atomic E-state index is 9.48. The molecular weight excluding hydrogens is 430 g/mol. The van der Waals surface area contributed by atoms with Gasteiger partial charge in [-0.15, -0.1) is 0 Å². The molecular formula is C31H41N3O. The van der Waals surface area contributed by atoms with Crippen molar-refractivity contribution in [2.75, 3.05) is 26.2 Å². The van der Waals surface area contributed by atoms with E-state index in [9.17, 15) is 5.11 Å². The number of para-hydroxylation sites is 1. The van der Waals surface area contributed by atoms with Crippen molar-refractivity contribution in [3.05, 3.63) is 71.9 Å². The van der Waals surface area contributed by atoms with Crippen LogP contribution in [0.3, 0.4) is 0 Å². The number of piperidine rings is 3. The molecule has 0 saturated carbocycles. The third kappa shape index (κ3) is 4.69. The maximum absolute atomic E-state index is 9.48. The predicted molar refractivity (Wildman–Crippen MR) is 143 cm³/mol. The van der Waals surface area contributed by atoms with Gasteiger partial charge in [0.25, 0.3) is 0 Å². The molecule has 3 aliphatic heterocycles. The molecule has 186 valence electrons. The summed E-state index contributed by atoms with van der Waals surface area (Å²) in [7, 11) is 0. The number of benzene rings is 2. The van der Waals surface area contributed by atoms with Gasteiger partial charge in [0, 0.05) is 55.4 Å². The predicted octanol–water partition coefficient (Wildman–Crippen LogP) is 5.53. The van der Waals surface area contributed by atoms with Crippen molar-refractivity contribution in [2.24, 2.45) is 11.8 Å². The van der Waals surface area contributed by atoms with E-state index in [1.165, 1.54) is 73.8 Å². The summed E-state index contributed by atoms with van der Waals surface area (Å²) in [5.41, 5.74) is 4.18. The lowest BCUT2D eigenvalue weighted by atomic mass is 9.69. The summed E-state index contributed by atoms with van der Waals surface area (Å²) in [5, 5.41) is 10.9. The van der Waals surface area contributed by atoms with Crippen LogP contribution in [-0.2, 0) is 13.1 Å². The van der Waals surface area contributed by atoms with E-state index in [0.29, 0.717) is 12.6 Å². The van der Waals surface area contributed by atoms with Gasteiger partial charge in [0.05, 0.1) is 0 Å². The van der Waals surface area contributed by atoms with Gasteiger partial charge < -0.3 is 9.67 Å². The molecule has 2 aromatic carbocycles. The van der Waals surface area contributed by atoms with Crippen LogP contribution in [0.2, 0.25) is 0 Å². The largest absolute Gasteiger partial charge is 0.396 e. The smallest absolute Gasteiger partial charge is 0.0486 e. The molecule has 0 unspecified atom stereocenters. The van der Waals surface area contributed by atoms with E-state index in [1.54, 1.807) is 0 Å². The van der Waals surface area contributed by atoms with Gasteiger partial charge in [0.1, 0.15) is 0 Å². The number of rotatable bonds is 8. The highest BCUT2D eigenvalue weighted by Gasteiger charge is 2.48. The van der Waals surface area contributed by atoms with E-state index >= 15 is 0 Å². The highest BCUT2D eigenvalue weighted by Crippen LogP contribution is 2.44. The van der Waals surface area contributed by atoms with E-state index in [2.05, 4.69) is 75.2 Å². The molecule has 1 aromatic heterocycles. The average Bonchev–Trinajstić information content (AvgIpc) is 3.23. The molecule has 3 fully saturated rings. The number of likely N-dealkylation sites (tertiary alicyclic amines) is 1. The summed E-state index contributed by atoms with van der Waals surface area (Å²) in [6.45, 7) is 6.15. The van der Waals surface area contributed by atoms with E-state index in [4.69, 9.17) is 0 Å². The molecule has 4 atom stereocenters. The van der Waals surface area contributed by atoms with Gasteiger partial charge in [-0.05, 0) is 87.1 Å². The minimum absolute atomic E-state index is 0.322. The van der Waals surface area contributed by atoms with Gasteiger partial charge in [0.2, 0.25) is 0 Å².